The van der Waals surface area contributed by atoms with Gasteiger partial charge in [-0.3, -0.25) is 9.69 Å². The van der Waals surface area contributed by atoms with Crippen LogP contribution in [0.4, 0.5) is 8.78 Å². The van der Waals surface area contributed by atoms with Gasteiger partial charge in [0.2, 0.25) is 0 Å². The Morgan fingerprint density at radius 2 is 1.89 bits per heavy atom. The summed E-state index contributed by atoms with van der Waals surface area (Å²) in [7, 11) is 1.38. The van der Waals surface area contributed by atoms with Gasteiger partial charge in [-0.2, -0.15) is 8.78 Å². The van der Waals surface area contributed by atoms with Gasteiger partial charge in [0, 0.05) is 30.7 Å². The van der Waals surface area contributed by atoms with Crippen molar-refractivity contribution < 1.29 is 23.0 Å². The van der Waals surface area contributed by atoms with Gasteiger partial charge in [-0.15, -0.1) is 0 Å². The van der Waals surface area contributed by atoms with Crippen LogP contribution in [0.25, 0.3) is 6.08 Å². The van der Waals surface area contributed by atoms with Crippen LogP contribution in [-0.4, -0.2) is 61.1 Å². The van der Waals surface area contributed by atoms with Crippen LogP contribution < -0.4 is 9.47 Å². The number of rotatable bonds is 10. The molecular weight excluding hydrogens is 450 g/mol. The van der Waals surface area contributed by atoms with Gasteiger partial charge in [-0.1, -0.05) is 48.4 Å². The van der Waals surface area contributed by atoms with E-state index in [1.165, 1.54) is 44.6 Å². The molecule has 0 radical (unpaired) electrons. The monoisotopic (exact) mass is 484 g/mol. The maximum atomic E-state index is 13.7. The van der Waals surface area contributed by atoms with Crippen LogP contribution in [0.15, 0.2) is 54.1 Å². The fraction of sp³-hybridized carbons (Fsp3) is 0.464. The first-order chi connectivity index (χ1) is 16.9. The lowest BCUT2D eigenvalue weighted by atomic mass is 9.91. The van der Waals surface area contributed by atoms with Crippen molar-refractivity contribution in [3.05, 3.63) is 65.2 Å². The van der Waals surface area contributed by atoms with E-state index in [1.807, 2.05) is 42.2 Å². The molecule has 1 aliphatic heterocycles. The van der Waals surface area contributed by atoms with E-state index in [0.29, 0.717) is 30.7 Å². The number of carbonyl (C=O) groups excluding carboxylic acids is 1. The van der Waals surface area contributed by atoms with Crippen molar-refractivity contribution in [2.75, 3.05) is 26.7 Å². The van der Waals surface area contributed by atoms with E-state index in [0.717, 1.165) is 30.5 Å². The molecule has 0 aromatic heterocycles. The molecule has 7 heteroatoms. The van der Waals surface area contributed by atoms with Gasteiger partial charge in [0.15, 0.2) is 11.5 Å². The van der Waals surface area contributed by atoms with Gasteiger partial charge in [0.25, 0.3) is 5.91 Å². The molecular formula is C28H34F2N2O3. The average Bonchev–Trinajstić information content (AvgIpc) is 3.25. The number of alkyl halides is 2. The number of hydrogen-bond acceptors (Lipinski definition) is 4. The lowest BCUT2D eigenvalue weighted by Gasteiger charge is -2.40. The number of hydrogen-bond donors (Lipinski definition) is 0. The van der Waals surface area contributed by atoms with Crippen molar-refractivity contribution in [3.63, 3.8) is 0 Å². The van der Waals surface area contributed by atoms with Gasteiger partial charge in [0.1, 0.15) is 0 Å². The highest BCUT2D eigenvalue weighted by Gasteiger charge is 2.35. The highest BCUT2D eigenvalue weighted by molar-refractivity contribution is 5.95. The third kappa shape index (κ3) is 6.40. The minimum Gasteiger partial charge on any atom is -0.493 e. The Morgan fingerprint density at radius 1 is 1.11 bits per heavy atom. The van der Waals surface area contributed by atoms with Crippen molar-refractivity contribution in [1.29, 1.82) is 0 Å². The quantitative estimate of drug-likeness (QED) is 0.424. The second-order valence-electron chi connectivity index (χ2n) is 9.45. The maximum absolute atomic E-state index is 13.7. The molecule has 1 amide bonds. The second kappa shape index (κ2) is 11.7. The molecule has 0 unspecified atom stereocenters. The number of halogens is 2. The predicted molar refractivity (Wildman–Crippen MR) is 133 cm³/mol. The Kier molecular flexibility index (Phi) is 8.39. The molecule has 2 aromatic carbocycles. The normalized spacial score (nSPS) is 19.0. The van der Waals surface area contributed by atoms with Crippen LogP contribution in [0.5, 0.6) is 11.5 Å². The van der Waals surface area contributed by atoms with Gasteiger partial charge < -0.3 is 14.4 Å². The molecule has 0 bridgehead atoms. The summed E-state index contributed by atoms with van der Waals surface area (Å²) >= 11 is 0. The molecule has 188 valence electrons. The molecule has 1 saturated heterocycles. The summed E-state index contributed by atoms with van der Waals surface area (Å²) in [4.78, 5) is 18.2. The van der Waals surface area contributed by atoms with Crippen LogP contribution in [0.3, 0.4) is 0 Å². The SMILES string of the molecule is COc1cc(C(=O)N(C/C(C)=C/c2ccccc2)C[C@@H]2CCCN2C2CCC2)ccc1OC(F)F. The number of carbonyl (C=O) groups is 1. The summed E-state index contributed by atoms with van der Waals surface area (Å²) in [6, 6.07) is 15.4. The molecule has 1 atom stereocenters. The number of benzene rings is 2. The van der Waals surface area contributed by atoms with E-state index in [4.69, 9.17) is 4.74 Å². The minimum atomic E-state index is -2.97. The van der Waals surface area contributed by atoms with E-state index in [2.05, 4.69) is 15.7 Å². The van der Waals surface area contributed by atoms with Crippen molar-refractivity contribution in [2.45, 2.75) is 57.7 Å². The lowest BCUT2D eigenvalue weighted by Crippen LogP contribution is -2.49. The van der Waals surface area contributed by atoms with E-state index >= 15 is 0 Å². The fourth-order valence-corrected chi connectivity index (χ4v) is 5.08. The zero-order valence-electron chi connectivity index (χ0n) is 20.5. The first-order valence-electron chi connectivity index (χ1n) is 12.3. The van der Waals surface area contributed by atoms with Crippen LogP contribution in [0.2, 0.25) is 0 Å². The summed E-state index contributed by atoms with van der Waals surface area (Å²) < 4.78 is 35.3. The molecule has 0 spiro atoms. The maximum Gasteiger partial charge on any atom is 0.387 e. The molecule has 2 fully saturated rings. The molecule has 4 rings (SSSR count). The van der Waals surface area contributed by atoms with Crippen LogP contribution in [0.1, 0.15) is 54.9 Å². The Hall–Kier alpha value is -2.93. The fourth-order valence-electron chi connectivity index (χ4n) is 5.08. The van der Waals surface area contributed by atoms with Crippen LogP contribution in [0, 0.1) is 0 Å². The number of nitrogens with zero attached hydrogens (tertiary/aromatic N) is 2. The summed E-state index contributed by atoms with van der Waals surface area (Å²) in [5, 5.41) is 0. The van der Waals surface area contributed by atoms with Crippen LogP contribution in [-0.2, 0) is 0 Å². The smallest absolute Gasteiger partial charge is 0.387 e. The largest absolute Gasteiger partial charge is 0.493 e. The molecule has 1 heterocycles. The third-order valence-corrected chi connectivity index (χ3v) is 6.96. The molecule has 2 aromatic rings. The Bertz CT molecular complexity index is 1020. The number of methoxy groups -OCH3 is 1. The van der Waals surface area contributed by atoms with Crippen molar-refractivity contribution in [3.8, 4) is 11.5 Å². The summed E-state index contributed by atoms with van der Waals surface area (Å²) in [5.41, 5.74) is 2.55. The highest BCUT2D eigenvalue weighted by atomic mass is 19.3. The second-order valence-corrected chi connectivity index (χ2v) is 9.45. The lowest BCUT2D eigenvalue weighted by molar-refractivity contribution is -0.0512. The van der Waals surface area contributed by atoms with Gasteiger partial charge in [0.05, 0.1) is 7.11 Å². The highest BCUT2D eigenvalue weighted by Crippen LogP contribution is 2.33. The van der Waals surface area contributed by atoms with E-state index in [1.54, 1.807) is 0 Å². The number of likely N-dealkylation sites (tertiary alicyclic amines) is 1. The van der Waals surface area contributed by atoms with Gasteiger partial charge in [-0.25, -0.2) is 0 Å². The van der Waals surface area contributed by atoms with E-state index < -0.39 is 6.61 Å². The zero-order chi connectivity index (χ0) is 24.8. The third-order valence-electron chi connectivity index (χ3n) is 6.96. The summed E-state index contributed by atoms with van der Waals surface area (Å²) in [6.07, 6.45) is 8.07. The minimum absolute atomic E-state index is 0.0855. The summed E-state index contributed by atoms with van der Waals surface area (Å²) in [6.45, 7) is 1.27. The molecule has 1 aliphatic carbocycles. The Labute approximate surface area is 206 Å². The Morgan fingerprint density at radius 3 is 2.54 bits per heavy atom. The van der Waals surface area contributed by atoms with Gasteiger partial charge in [-0.05, 0) is 62.9 Å². The Balaban J connectivity index is 1.57. The molecule has 5 nitrogen and oxygen atoms in total. The molecule has 1 saturated carbocycles. The first-order valence-corrected chi connectivity index (χ1v) is 12.3. The average molecular weight is 485 g/mol. The molecule has 0 N–H and O–H groups in total. The van der Waals surface area contributed by atoms with Crippen LogP contribution >= 0.6 is 0 Å². The van der Waals surface area contributed by atoms with E-state index in [9.17, 15) is 13.6 Å². The van der Waals surface area contributed by atoms with Gasteiger partial charge >= 0.3 is 6.61 Å². The van der Waals surface area contributed by atoms with Crippen molar-refractivity contribution in [2.24, 2.45) is 0 Å². The first kappa shape index (κ1) is 25.2. The predicted octanol–water partition coefficient (Wildman–Crippen LogP) is 5.86. The molecule has 2 aliphatic rings. The van der Waals surface area contributed by atoms with Crippen molar-refractivity contribution in [1.82, 2.24) is 9.80 Å². The number of amides is 1. The standard InChI is InChI=1S/C28H34F2N2O3/c1-20(16-21-8-4-3-5-9-21)18-31(19-24-12-7-15-32(24)23-10-6-11-23)27(33)22-13-14-25(35-28(29)30)26(17-22)34-2/h3-5,8-9,13-14,16-17,23-24,28H,6-7,10-12,15,18-19H2,1-2H3/b20-16+/t24-/m0/s1. The molecule has 35 heavy (non-hydrogen) atoms. The number of ether oxygens (including phenoxy) is 2. The van der Waals surface area contributed by atoms with E-state index in [-0.39, 0.29) is 17.4 Å². The zero-order valence-corrected chi connectivity index (χ0v) is 20.5. The topological polar surface area (TPSA) is 42.0 Å². The summed E-state index contributed by atoms with van der Waals surface area (Å²) in [5.74, 6) is -0.115. The van der Waals surface area contributed by atoms with Crippen molar-refractivity contribution >= 4 is 12.0 Å².